The lowest BCUT2D eigenvalue weighted by Crippen LogP contribution is -2.43. The maximum Gasteiger partial charge on any atom is 0.303 e. The van der Waals surface area contributed by atoms with Gasteiger partial charge in [0.05, 0.1) is 0 Å². The Kier molecular flexibility index (Phi) is 5.71. The van der Waals surface area contributed by atoms with Crippen LogP contribution in [0.25, 0.3) is 0 Å². The maximum atomic E-state index is 11.2. The van der Waals surface area contributed by atoms with E-state index in [1.165, 1.54) is 28.1 Å². The van der Waals surface area contributed by atoms with Crippen LogP contribution in [0.15, 0.2) is 0 Å². The summed E-state index contributed by atoms with van der Waals surface area (Å²) in [7, 11) is 2.93. The highest BCUT2D eigenvalue weighted by Gasteiger charge is 2.50. The van der Waals surface area contributed by atoms with Crippen LogP contribution in [-0.2, 0) is 33.3 Å². The number of hydrogen-bond donors (Lipinski definition) is 0. The van der Waals surface area contributed by atoms with Crippen LogP contribution in [0.4, 0.5) is 0 Å². The normalized spacial score (nSPS) is 31.8. The summed E-state index contributed by atoms with van der Waals surface area (Å²) in [6.45, 7) is 4.25. The molecule has 0 unspecified atom stereocenters. The molecule has 0 N–H and O–H groups in total. The second-order valence-corrected chi connectivity index (χ2v) is 4.29. The first-order valence-electron chi connectivity index (χ1n) is 5.96. The zero-order valence-electron chi connectivity index (χ0n) is 11.7. The third-order valence-electron chi connectivity index (χ3n) is 2.83. The fourth-order valence-corrected chi connectivity index (χ4v) is 2.12. The highest BCUT2D eigenvalue weighted by atomic mass is 16.7. The Morgan fingerprint density at radius 3 is 2.11 bits per heavy atom. The summed E-state index contributed by atoms with van der Waals surface area (Å²) in [6, 6.07) is 0. The van der Waals surface area contributed by atoms with E-state index in [2.05, 4.69) is 0 Å². The van der Waals surface area contributed by atoms with Gasteiger partial charge in [-0.1, -0.05) is 0 Å². The van der Waals surface area contributed by atoms with Gasteiger partial charge in [-0.15, -0.1) is 0 Å². The first-order chi connectivity index (χ1) is 8.90. The van der Waals surface area contributed by atoms with Crippen LogP contribution >= 0.6 is 0 Å². The Balaban J connectivity index is 2.86. The molecule has 110 valence electrons. The number of methoxy groups -OCH3 is 2. The minimum absolute atomic E-state index is 0.437. The number of hydrogen-bond acceptors (Lipinski definition) is 7. The fraction of sp³-hybridized carbons (Fsp3) is 0.833. The van der Waals surface area contributed by atoms with Gasteiger partial charge in [-0.3, -0.25) is 9.59 Å². The lowest BCUT2D eigenvalue weighted by atomic mass is 10.1. The van der Waals surface area contributed by atoms with Crippen molar-refractivity contribution in [1.29, 1.82) is 0 Å². The summed E-state index contributed by atoms with van der Waals surface area (Å²) in [5, 5.41) is 0. The summed E-state index contributed by atoms with van der Waals surface area (Å²) >= 11 is 0. The lowest BCUT2D eigenvalue weighted by molar-refractivity contribution is -0.178. The van der Waals surface area contributed by atoms with E-state index in [1.54, 1.807) is 6.92 Å². The monoisotopic (exact) mass is 276 g/mol. The van der Waals surface area contributed by atoms with Crippen molar-refractivity contribution in [2.24, 2.45) is 0 Å². The molecule has 0 saturated carbocycles. The molecule has 0 bridgehead atoms. The van der Waals surface area contributed by atoms with Crippen LogP contribution in [0.5, 0.6) is 0 Å². The molecule has 0 aliphatic carbocycles. The predicted molar refractivity (Wildman–Crippen MR) is 63.2 cm³/mol. The molecule has 1 saturated heterocycles. The van der Waals surface area contributed by atoms with Crippen LogP contribution in [0.1, 0.15) is 20.8 Å². The van der Waals surface area contributed by atoms with Crippen molar-refractivity contribution in [3.8, 4) is 0 Å². The smallest absolute Gasteiger partial charge is 0.303 e. The molecule has 0 spiro atoms. The van der Waals surface area contributed by atoms with Crippen LogP contribution in [-0.4, -0.2) is 56.9 Å². The van der Waals surface area contributed by atoms with Crippen LogP contribution < -0.4 is 0 Å². The largest absolute Gasteiger partial charge is 0.460 e. The average molecular weight is 276 g/mol. The maximum absolute atomic E-state index is 11.2. The molecule has 7 heteroatoms. The SMILES string of the molecule is CO[C@@H]1O[C@H]([C@H](C)OC(C)=O)[C@@H](OC(C)=O)[C@@H]1OC. The first kappa shape index (κ1) is 15.9. The summed E-state index contributed by atoms with van der Waals surface area (Å²) in [5.74, 6) is -0.903. The highest BCUT2D eigenvalue weighted by molar-refractivity contribution is 5.67. The van der Waals surface area contributed by atoms with E-state index in [4.69, 9.17) is 23.7 Å². The molecular formula is C12H20O7. The molecule has 1 aliphatic heterocycles. The van der Waals surface area contributed by atoms with E-state index >= 15 is 0 Å². The van der Waals surface area contributed by atoms with Gasteiger partial charge in [0.15, 0.2) is 12.4 Å². The Morgan fingerprint density at radius 1 is 1.05 bits per heavy atom. The molecule has 7 nitrogen and oxygen atoms in total. The standard InChI is InChI=1S/C12H20O7/c1-6(17-7(2)13)9-10(18-8(3)14)11(15-4)12(16-5)19-9/h6,9-12H,1-5H3/t6-,9+,10+,11-,12+/m0/s1. The summed E-state index contributed by atoms with van der Waals surface area (Å²) in [4.78, 5) is 22.2. The van der Waals surface area contributed by atoms with Crippen LogP contribution in [0.2, 0.25) is 0 Å². The van der Waals surface area contributed by atoms with Crippen molar-refractivity contribution < 1.29 is 33.3 Å². The van der Waals surface area contributed by atoms with Crippen molar-refractivity contribution >= 4 is 11.9 Å². The fourth-order valence-electron chi connectivity index (χ4n) is 2.12. The molecular weight excluding hydrogens is 256 g/mol. The zero-order valence-corrected chi connectivity index (χ0v) is 11.7. The van der Waals surface area contributed by atoms with Crippen molar-refractivity contribution in [3.05, 3.63) is 0 Å². The number of rotatable bonds is 5. The van der Waals surface area contributed by atoms with Crippen LogP contribution in [0.3, 0.4) is 0 Å². The third kappa shape index (κ3) is 3.89. The van der Waals surface area contributed by atoms with Gasteiger partial charge in [0.25, 0.3) is 0 Å². The number of carbonyl (C=O) groups is 2. The Morgan fingerprint density at radius 2 is 1.68 bits per heavy atom. The van der Waals surface area contributed by atoms with E-state index < -0.39 is 42.6 Å². The van der Waals surface area contributed by atoms with Gasteiger partial charge in [0, 0.05) is 28.1 Å². The van der Waals surface area contributed by atoms with Crippen molar-refractivity contribution in [1.82, 2.24) is 0 Å². The predicted octanol–water partition coefficient (Wildman–Crippen LogP) is 0.256. The second kappa shape index (κ2) is 6.83. The molecule has 0 amide bonds. The van der Waals surface area contributed by atoms with Crippen LogP contribution in [0, 0.1) is 0 Å². The van der Waals surface area contributed by atoms with Crippen molar-refractivity contribution in [2.75, 3.05) is 14.2 Å². The van der Waals surface area contributed by atoms with Gasteiger partial charge in [-0.25, -0.2) is 0 Å². The minimum Gasteiger partial charge on any atom is -0.460 e. The van der Waals surface area contributed by atoms with Gasteiger partial charge in [-0.2, -0.15) is 0 Å². The van der Waals surface area contributed by atoms with Gasteiger partial charge in [0.2, 0.25) is 0 Å². The van der Waals surface area contributed by atoms with Crippen molar-refractivity contribution in [2.45, 2.75) is 51.5 Å². The summed E-state index contributed by atoms with van der Waals surface area (Å²) in [6.07, 6.45) is -3.17. The van der Waals surface area contributed by atoms with E-state index in [1.807, 2.05) is 0 Å². The Bertz CT molecular complexity index is 330. The van der Waals surface area contributed by atoms with E-state index in [-0.39, 0.29) is 0 Å². The quantitative estimate of drug-likeness (QED) is 0.666. The topological polar surface area (TPSA) is 80.3 Å². The second-order valence-electron chi connectivity index (χ2n) is 4.29. The Labute approximate surface area is 112 Å². The molecule has 1 aliphatic rings. The average Bonchev–Trinajstić information content (AvgIpc) is 2.65. The molecule has 0 aromatic rings. The number of carbonyl (C=O) groups excluding carboxylic acids is 2. The highest BCUT2D eigenvalue weighted by Crippen LogP contribution is 2.29. The van der Waals surface area contributed by atoms with E-state index in [0.29, 0.717) is 0 Å². The van der Waals surface area contributed by atoms with Gasteiger partial charge >= 0.3 is 11.9 Å². The molecule has 19 heavy (non-hydrogen) atoms. The zero-order chi connectivity index (χ0) is 14.6. The summed E-state index contributed by atoms with van der Waals surface area (Å²) in [5.41, 5.74) is 0. The Hall–Kier alpha value is -1.18. The molecule has 1 rings (SSSR count). The van der Waals surface area contributed by atoms with Gasteiger partial charge in [-0.05, 0) is 6.92 Å². The lowest BCUT2D eigenvalue weighted by Gasteiger charge is -2.25. The first-order valence-corrected chi connectivity index (χ1v) is 5.96. The molecule has 0 aromatic carbocycles. The molecule has 0 radical (unpaired) electrons. The van der Waals surface area contributed by atoms with Gasteiger partial charge < -0.3 is 23.7 Å². The van der Waals surface area contributed by atoms with E-state index in [0.717, 1.165) is 0 Å². The molecule has 1 fully saturated rings. The van der Waals surface area contributed by atoms with E-state index in [9.17, 15) is 9.59 Å². The minimum atomic E-state index is -0.693. The summed E-state index contributed by atoms with van der Waals surface area (Å²) < 4.78 is 26.2. The molecule has 0 aromatic heterocycles. The number of esters is 2. The third-order valence-corrected chi connectivity index (χ3v) is 2.83. The molecule has 5 atom stereocenters. The van der Waals surface area contributed by atoms with Crippen molar-refractivity contribution in [3.63, 3.8) is 0 Å². The number of ether oxygens (including phenoxy) is 5. The molecule has 1 heterocycles. The van der Waals surface area contributed by atoms with Gasteiger partial charge in [0.1, 0.15) is 18.3 Å².